The average molecular weight is 711 g/mol. The first kappa shape index (κ1) is 36.2. The van der Waals surface area contributed by atoms with E-state index >= 15 is 0 Å². The largest absolute Gasteiger partial charge is 1.00 e. The fourth-order valence-corrected chi connectivity index (χ4v) is 11.4. The van der Waals surface area contributed by atoms with Crippen molar-refractivity contribution in [2.75, 3.05) is 92.6 Å². The minimum absolute atomic E-state index is 0. The van der Waals surface area contributed by atoms with Crippen molar-refractivity contribution in [2.45, 2.75) is 13.8 Å². The van der Waals surface area contributed by atoms with E-state index in [9.17, 15) is 0 Å². The summed E-state index contributed by atoms with van der Waals surface area (Å²) in [4.78, 5) is 17.5. The predicted octanol–water partition coefficient (Wildman–Crippen LogP) is 6.28. The third kappa shape index (κ3) is 11.9. The first-order valence-electron chi connectivity index (χ1n) is 14.4. The standard InChI is InChI=1S/C15H30N3PS3.C14H12N2.CNS.Cu/c1-7-20-8-2-16(1)13-19(14-17-3-9-21-10-4-17)15-18-5-11-22-12-6-18;1-9-3-5-11-7-8-12-6-4-10(2)16-14(12)13(11)15-9;2-1-3;/h1-15H2;3-8H,1-2H3;;/q;;-1;+1/p+1. The summed E-state index contributed by atoms with van der Waals surface area (Å²) in [6.07, 6.45) is 4.29. The maximum Gasteiger partial charge on any atom is 1.00 e. The molecule has 1 aromatic carbocycles. The van der Waals surface area contributed by atoms with Crippen LogP contribution in [0.15, 0.2) is 36.4 Å². The number of aromatic nitrogens is 2. The van der Waals surface area contributed by atoms with Gasteiger partial charge in [-0.05, 0) is 26.0 Å². The molecule has 6 nitrogen and oxygen atoms in total. The van der Waals surface area contributed by atoms with Crippen LogP contribution in [0.5, 0.6) is 0 Å². The quantitative estimate of drug-likeness (QED) is 0.0969. The van der Waals surface area contributed by atoms with Crippen molar-refractivity contribution in [3.8, 4) is 0 Å². The molecule has 2 aromatic heterocycles. The average Bonchev–Trinajstić information content (AvgIpc) is 2.99. The summed E-state index contributed by atoms with van der Waals surface area (Å²) < 4.78 is 0. The maximum absolute atomic E-state index is 7.13. The van der Waals surface area contributed by atoms with Crippen molar-refractivity contribution >= 4 is 82.4 Å². The molecule has 0 spiro atoms. The van der Waals surface area contributed by atoms with Gasteiger partial charge in [0.15, 0.2) is 0 Å². The van der Waals surface area contributed by atoms with Crippen LogP contribution in [0.25, 0.3) is 27.2 Å². The number of benzene rings is 1. The topological polar surface area (TPSA) is 57.8 Å². The van der Waals surface area contributed by atoms with Crippen molar-refractivity contribution in [2.24, 2.45) is 0 Å². The molecule has 12 heteroatoms. The Balaban J connectivity index is 0.000000214. The zero-order valence-corrected chi connectivity index (χ0v) is 29.9. The third-order valence-corrected chi connectivity index (χ3v) is 13.0. The normalized spacial score (nSPS) is 18.4. The fourth-order valence-electron chi connectivity index (χ4n) is 5.34. The van der Waals surface area contributed by atoms with Crippen LogP contribution >= 0.6 is 55.4 Å². The molecule has 0 saturated carbocycles. The van der Waals surface area contributed by atoms with Crippen LogP contribution in [0.1, 0.15) is 11.4 Å². The van der Waals surface area contributed by atoms with E-state index in [1.165, 1.54) is 97.8 Å². The molecule has 3 aliphatic rings. The molecule has 5 heterocycles. The van der Waals surface area contributed by atoms with Gasteiger partial charge in [0.2, 0.25) is 0 Å². The van der Waals surface area contributed by atoms with E-state index in [4.69, 9.17) is 5.41 Å². The fraction of sp³-hybridized carbons (Fsp3) is 0.567. The summed E-state index contributed by atoms with van der Waals surface area (Å²) in [5.74, 6) is 8.14. The predicted molar refractivity (Wildman–Crippen MR) is 192 cm³/mol. The van der Waals surface area contributed by atoms with Gasteiger partial charge in [0.05, 0.1) is 11.0 Å². The van der Waals surface area contributed by atoms with Gasteiger partial charge in [0, 0.05) is 104 Å². The van der Waals surface area contributed by atoms with Gasteiger partial charge < -0.3 is 5.41 Å². The van der Waals surface area contributed by atoms with E-state index in [1.54, 1.807) is 0 Å². The Morgan fingerprint density at radius 2 is 0.952 bits per heavy atom. The Kier molecular flexibility index (Phi) is 17.2. The zero-order valence-electron chi connectivity index (χ0n) is 24.7. The summed E-state index contributed by atoms with van der Waals surface area (Å²) in [5.41, 5.74) is 4.06. The van der Waals surface area contributed by atoms with Crippen LogP contribution in [0.2, 0.25) is 0 Å². The van der Waals surface area contributed by atoms with Crippen LogP contribution in [0.3, 0.4) is 0 Å². The molecule has 232 valence electrons. The van der Waals surface area contributed by atoms with Gasteiger partial charge in [-0.1, -0.05) is 36.5 Å². The van der Waals surface area contributed by atoms with E-state index < -0.39 is 0 Å². The van der Waals surface area contributed by atoms with Crippen LogP contribution in [-0.2, 0) is 17.1 Å². The van der Waals surface area contributed by atoms with Crippen LogP contribution in [0, 0.1) is 13.8 Å². The molecule has 3 fully saturated rings. The van der Waals surface area contributed by atoms with Crippen molar-refractivity contribution in [1.82, 2.24) is 24.7 Å². The second-order valence-electron chi connectivity index (χ2n) is 10.6. The zero-order chi connectivity index (χ0) is 28.9. The molecule has 6 rings (SSSR count). The first-order valence-corrected chi connectivity index (χ1v) is 20.4. The van der Waals surface area contributed by atoms with Crippen molar-refractivity contribution in [1.29, 1.82) is 0 Å². The Morgan fingerprint density at radius 1 is 0.667 bits per heavy atom. The van der Waals surface area contributed by atoms with Gasteiger partial charge in [-0.2, -0.15) is 40.4 Å². The van der Waals surface area contributed by atoms with Crippen molar-refractivity contribution in [3.05, 3.63) is 53.2 Å². The summed E-state index contributed by atoms with van der Waals surface area (Å²) in [5, 5.41) is 10.8. The monoisotopic (exact) mass is 709 g/mol. The van der Waals surface area contributed by atoms with Crippen molar-refractivity contribution < 1.29 is 17.1 Å². The molecule has 3 aliphatic heterocycles. The molecule has 0 N–H and O–H groups in total. The van der Waals surface area contributed by atoms with E-state index in [1.807, 2.05) is 26.0 Å². The van der Waals surface area contributed by atoms with Crippen molar-refractivity contribution in [3.63, 3.8) is 0 Å². The van der Waals surface area contributed by atoms with E-state index in [-0.39, 0.29) is 25.0 Å². The molecule has 0 unspecified atom stereocenters. The molecular formula is C30H43CuN6PS4+. The number of thioether (sulfide) groups is 3. The molecule has 0 aliphatic carbocycles. The third-order valence-electron chi connectivity index (χ3n) is 7.45. The van der Waals surface area contributed by atoms with Gasteiger partial charge in [0.25, 0.3) is 0 Å². The number of hydrogen-bond acceptors (Lipinski definition) is 9. The molecular weight excluding hydrogens is 667 g/mol. The molecule has 3 aromatic rings. The Hall–Kier alpha value is -0.281. The van der Waals surface area contributed by atoms with E-state index in [0.29, 0.717) is 0 Å². The number of isothiocyanates is 1. The smallest absolute Gasteiger partial charge is 0.753 e. The van der Waals surface area contributed by atoms with Crippen LogP contribution in [-0.4, -0.2) is 122 Å². The molecule has 42 heavy (non-hydrogen) atoms. The van der Waals surface area contributed by atoms with Crippen LogP contribution in [0.4, 0.5) is 0 Å². The summed E-state index contributed by atoms with van der Waals surface area (Å²) >= 11 is 10.1. The number of hydrogen-bond donors (Lipinski definition) is 0. The first-order chi connectivity index (χ1) is 20.1. The molecule has 3 saturated heterocycles. The molecule has 0 bridgehead atoms. The number of aryl methyl sites for hydroxylation is 2. The Morgan fingerprint density at radius 3 is 1.26 bits per heavy atom. The summed E-state index contributed by atoms with van der Waals surface area (Å²) in [6.45, 7) is 12.0. The van der Waals surface area contributed by atoms with Crippen LogP contribution < -0.4 is 0 Å². The summed E-state index contributed by atoms with van der Waals surface area (Å²) in [7, 11) is -0.291. The summed E-state index contributed by atoms with van der Waals surface area (Å²) in [6, 6.07) is 12.5. The second kappa shape index (κ2) is 20.0. The van der Waals surface area contributed by atoms with E-state index in [0.717, 1.165) is 33.2 Å². The Labute approximate surface area is 282 Å². The number of nitrogens with zero attached hydrogens (tertiary/aromatic N) is 6. The number of pyridine rings is 2. The van der Waals surface area contributed by atoms with E-state index in [2.05, 4.69) is 96.4 Å². The maximum atomic E-state index is 7.13. The van der Waals surface area contributed by atoms with Gasteiger partial charge in [-0.3, -0.25) is 24.7 Å². The minimum Gasteiger partial charge on any atom is -0.753 e. The minimum atomic E-state index is -0.291. The van der Waals surface area contributed by atoms with Gasteiger partial charge in [0.1, 0.15) is 18.9 Å². The SMILES string of the molecule is C1CN(C[PH+](CN2CCSCC2)CN2CCSCC2)CCS1.Cc1ccc2ccc3ccc(C)nc3c2n1.[Cu+].[N-]=C=S. The van der Waals surface area contributed by atoms with Gasteiger partial charge in [-0.15, -0.1) is 0 Å². The number of rotatable bonds is 6. The van der Waals surface area contributed by atoms with Gasteiger partial charge >= 0.3 is 17.1 Å². The molecule has 0 radical (unpaired) electrons. The Bertz CT molecular complexity index is 1150. The second-order valence-corrected chi connectivity index (χ2v) is 16.9. The number of fused-ring (bicyclic) bond motifs is 3. The molecule has 0 amide bonds. The number of thiocarbonyl (C=S) groups is 1. The molecule has 0 atom stereocenters. The van der Waals surface area contributed by atoms with Gasteiger partial charge in [-0.25, -0.2) is 0 Å².